The van der Waals surface area contributed by atoms with E-state index in [1.54, 1.807) is 4.90 Å². The predicted molar refractivity (Wildman–Crippen MR) is 218 cm³/mol. The number of anilines is 7. The Bertz CT molecular complexity index is 2170. The van der Waals surface area contributed by atoms with E-state index in [0.717, 1.165) is 85.3 Å². The largest absolute Gasteiger partial charge is 0.474 e. The van der Waals surface area contributed by atoms with Gasteiger partial charge in [0.15, 0.2) is 0 Å². The quantitative estimate of drug-likeness (QED) is 0.239. The van der Waals surface area contributed by atoms with E-state index in [4.69, 9.17) is 9.72 Å². The summed E-state index contributed by atoms with van der Waals surface area (Å²) in [5.41, 5.74) is 11.3. The van der Waals surface area contributed by atoms with Crippen molar-refractivity contribution in [3.05, 3.63) is 77.2 Å². The SMILES string of the molecule is Cc1cc(N2CC3(C2)CN(C2CCN(c4ccc(Nc5ncc6c(n5)CN(c5cnc7c(c5C)NCCO7)CC6)cc4)CC2)C3)ccc1N1CCC(=O)NC1=O. The van der Waals surface area contributed by atoms with E-state index < -0.39 is 0 Å². The third-order valence-corrected chi connectivity index (χ3v) is 12.7. The molecular formula is C42H49N11O3. The molecule has 0 atom stereocenters. The first-order valence-electron chi connectivity index (χ1n) is 20.1. The van der Waals surface area contributed by atoms with Crippen LogP contribution in [0.3, 0.4) is 0 Å². The van der Waals surface area contributed by atoms with Crippen LogP contribution < -0.4 is 40.3 Å². The highest BCUT2D eigenvalue weighted by atomic mass is 16.5. The molecule has 0 radical (unpaired) electrons. The Morgan fingerprint density at radius 3 is 2.43 bits per heavy atom. The topological polar surface area (TPSA) is 134 Å². The Hall–Kier alpha value is -5.63. The van der Waals surface area contributed by atoms with Gasteiger partial charge in [0.1, 0.15) is 12.3 Å². The molecule has 290 valence electrons. The standard InChI is InChI=1S/C42H49N11O3/c1-27-19-33(7-8-35(27)53-17-12-37(54)48-41(53)55)52-25-42(26-52)23-51(24-42)32-10-15-49(16-11-32)31-5-3-30(4-6-31)46-40-45-20-29-9-14-50(22-34(29)47-40)36-21-44-39-38(28(36)2)43-13-18-56-39/h3-8,19-21,32,43H,9-18,22-26H2,1-2H3,(H,45,46,47)(H,48,54,55). The number of aromatic nitrogens is 3. The number of hydrogen-bond acceptors (Lipinski definition) is 12. The molecule has 6 aliphatic heterocycles. The average molecular weight is 756 g/mol. The molecule has 14 nitrogen and oxygen atoms in total. The first-order valence-corrected chi connectivity index (χ1v) is 20.1. The fourth-order valence-electron chi connectivity index (χ4n) is 9.63. The molecule has 0 unspecified atom stereocenters. The van der Waals surface area contributed by atoms with Crippen LogP contribution in [0.15, 0.2) is 54.9 Å². The van der Waals surface area contributed by atoms with E-state index >= 15 is 0 Å². The minimum absolute atomic E-state index is 0.207. The Labute approximate surface area is 327 Å². The van der Waals surface area contributed by atoms with Crippen LogP contribution in [0, 0.1) is 19.3 Å². The van der Waals surface area contributed by atoms with Gasteiger partial charge in [-0.1, -0.05) is 0 Å². The van der Waals surface area contributed by atoms with Crippen molar-refractivity contribution in [1.82, 2.24) is 25.2 Å². The lowest BCUT2D eigenvalue weighted by Gasteiger charge is -2.63. The number of rotatable bonds is 7. The third-order valence-electron chi connectivity index (χ3n) is 12.7. The second-order valence-electron chi connectivity index (χ2n) is 16.4. The summed E-state index contributed by atoms with van der Waals surface area (Å²) >= 11 is 0. The van der Waals surface area contributed by atoms with Crippen molar-refractivity contribution in [2.75, 3.05) is 95.7 Å². The Morgan fingerprint density at radius 2 is 1.64 bits per heavy atom. The van der Waals surface area contributed by atoms with E-state index in [1.807, 2.05) is 25.4 Å². The number of fused-ring (bicyclic) bond motifs is 2. The number of urea groups is 1. The van der Waals surface area contributed by atoms with Gasteiger partial charge in [-0.25, -0.2) is 19.7 Å². The number of ether oxygens (including phenoxy) is 1. The molecule has 3 amide bonds. The van der Waals surface area contributed by atoms with E-state index in [9.17, 15) is 9.59 Å². The first-order chi connectivity index (χ1) is 27.3. The summed E-state index contributed by atoms with van der Waals surface area (Å²) < 4.78 is 5.74. The van der Waals surface area contributed by atoms with E-state index in [-0.39, 0.29) is 11.9 Å². The van der Waals surface area contributed by atoms with Gasteiger partial charge in [-0.2, -0.15) is 0 Å². The summed E-state index contributed by atoms with van der Waals surface area (Å²) in [6.45, 7) is 14.3. The summed E-state index contributed by atoms with van der Waals surface area (Å²) in [5, 5.41) is 9.33. The number of nitrogens with one attached hydrogen (secondary N) is 3. The molecule has 4 fully saturated rings. The molecule has 0 aliphatic carbocycles. The summed E-state index contributed by atoms with van der Waals surface area (Å²) in [5.74, 6) is 1.10. The van der Waals surface area contributed by atoms with Crippen molar-refractivity contribution >= 4 is 52.0 Å². The van der Waals surface area contributed by atoms with Gasteiger partial charge >= 0.3 is 6.03 Å². The summed E-state index contributed by atoms with van der Waals surface area (Å²) in [6.07, 6.45) is 7.49. The summed E-state index contributed by atoms with van der Waals surface area (Å²) in [6, 6.07) is 15.3. The van der Waals surface area contributed by atoms with Crippen LogP contribution in [-0.2, 0) is 17.8 Å². The average Bonchev–Trinajstić information content (AvgIpc) is 3.18. The first kappa shape index (κ1) is 34.8. The van der Waals surface area contributed by atoms with Crippen molar-refractivity contribution in [2.24, 2.45) is 5.41 Å². The molecule has 14 heteroatoms. The summed E-state index contributed by atoms with van der Waals surface area (Å²) in [4.78, 5) is 49.9. The van der Waals surface area contributed by atoms with Gasteiger partial charge in [0, 0.05) is 111 Å². The molecule has 0 saturated carbocycles. The lowest BCUT2D eigenvalue weighted by atomic mass is 9.71. The van der Waals surface area contributed by atoms with Crippen LogP contribution in [0.1, 0.15) is 41.6 Å². The van der Waals surface area contributed by atoms with Crippen LogP contribution in [-0.4, -0.2) is 103 Å². The van der Waals surface area contributed by atoms with Crippen LogP contribution in [0.2, 0.25) is 0 Å². The number of carbonyl (C=O) groups excluding carboxylic acids is 2. The molecule has 8 heterocycles. The zero-order chi connectivity index (χ0) is 38.0. The van der Waals surface area contributed by atoms with Gasteiger partial charge in [-0.15, -0.1) is 0 Å². The maximum absolute atomic E-state index is 12.4. The highest BCUT2D eigenvalue weighted by molar-refractivity contribution is 6.06. The molecule has 56 heavy (non-hydrogen) atoms. The van der Waals surface area contributed by atoms with E-state index in [2.05, 4.69) is 88.8 Å². The van der Waals surface area contributed by atoms with Crippen molar-refractivity contribution in [1.29, 1.82) is 0 Å². The Kier molecular flexibility index (Phi) is 8.61. The van der Waals surface area contributed by atoms with Crippen LogP contribution in [0.5, 0.6) is 5.88 Å². The molecule has 2 aromatic heterocycles. The van der Waals surface area contributed by atoms with Crippen molar-refractivity contribution < 1.29 is 14.3 Å². The van der Waals surface area contributed by atoms with Gasteiger partial charge in [-0.05, 0) is 86.7 Å². The monoisotopic (exact) mass is 755 g/mol. The second-order valence-corrected chi connectivity index (χ2v) is 16.4. The van der Waals surface area contributed by atoms with Crippen LogP contribution in [0.4, 0.5) is 44.9 Å². The molecule has 0 bridgehead atoms. The number of pyridine rings is 1. The molecular weight excluding hydrogens is 707 g/mol. The van der Waals surface area contributed by atoms with Crippen LogP contribution >= 0.6 is 0 Å². The normalized spacial score (nSPS) is 20.7. The molecule has 4 aromatic rings. The maximum Gasteiger partial charge on any atom is 0.328 e. The van der Waals surface area contributed by atoms with Gasteiger partial charge in [-0.3, -0.25) is 19.9 Å². The lowest BCUT2D eigenvalue weighted by molar-refractivity contribution is -0.120. The fraction of sp³-hybridized carbons (Fsp3) is 0.452. The molecule has 2 aromatic carbocycles. The summed E-state index contributed by atoms with van der Waals surface area (Å²) in [7, 11) is 0. The number of benzene rings is 2. The van der Waals surface area contributed by atoms with Gasteiger partial charge in [0.2, 0.25) is 17.7 Å². The van der Waals surface area contributed by atoms with Gasteiger partial charge in [0.05, 0.1) is 24.1 Å². The number of likely N-dealkylation sites (tertiary alicyclic amines) is 1. The molecule has 4 saturated heterocycles. The predicted octanol–water partition coefficient (Wildman–Crippen LogP) is 4.84. The third kappa shape index (κ3) is 6.39. The number of nitrogens with zero attached hydrogens (tertiary/aromatic N) is 8. The second kappa shape index (κ2) is 13.8. The highest BCUT2D eigenvalue weighted by Gasteiger charge is 2.53. The highest BCUT2D eigenvalue weighted by Crippen LogP contribution is 2.45. The lowest BCUT2D eigenvalue weighted by Crippen LogP contribution is -2.74. The minimum atomic E-state index is -0.333. The van der Waals surface area contributed by atoms with Gasteiger partial charge in [0.25, 0.3) is 0 Å². The maximum atomic E-state index is 12.4. The van der Waals surface area contributed by atoms with Crippen molar-refractivity contribution in [3.63, 3.8) is 0 Å². The molecule has 6 aliphatic rings. The van der Waals surface area contributed by atoms with E-state index in [1.165, 1.54) is 42.9 Å². The Balaban J connectivity index is 0.693. The number of aryl methyl sites for hydroxylation is 1. The number of imide groups is 1. The number of amides is 3. The van der Waals surface area contributed by atoms with Crippen molar-refractivity contribution in [3.8, 4) is 5.88 Å². The molecule has 3 N–H and O–H groups in total. The number of piperidine rings is 1. The fourth-order valence-corrected chi connectivity index (χ4v) is 9.63. The van der Waals surface area contributed by atoms with E-state index in [0.29, 0.717) is 49.4 Å². The molecule has 10 rings (SSSR count). The number of carbonyl (C=O) groups is 2. The molecule has 1 spiro atoms. The smallest absolute Gasteiger partial charge is 0.328 e. The minimum Gasteiger partial charge on any atom is -0.474 e. The van der Waals surface area contributed by atoms with Gasteiger partial charge < -0.3 is 30.1 Å². The van der Waals surface area contributed by atoms with Crippen molar-refractivity contribution in [2.45, 2.75) is 52.1 Å². The number of hydrogen-bond donors (Lipinski definition) is 3. The zero-order valence-corrected chi connectivity index (χ0v) is 32.2. The zero-order valence-electron chi connectivity index (χ0n) is 32.2. The Morgan fingerprint density at radius 1 is 0.839 bits per heavy atom. The van der Waals surface area contributed by atoms with Crippen LogP contribution in [0.25, 0.3) is 0 Å².